The summed E-state index contributed by atoms with van der Waals surface area (Å²) >= 11 is 0. The summed E-state index contributed by atoms with van der Waals surface area (Å²) in [5.74, 6) is 2.24. The largest absolute Gasteiger partial charge is 0.463 e. The van der Waals surface area contributed by atoms with Gasteiger partial charge in [0, 0.05) is 12.1 Å². The van der Waals surface area contributed by atoms with Gasteiger partial charge in [-0.15, -0.1) is 0 Å². The van der Waals surface area contributed by atoms with Gasteiger partial charge in [0.2, 0.25) is 6.79 Å². The molecule has 0 saturated carbocycles. The van der Waals surface area contributed by atoms with Crippen LogP contribution in [0.3, 0.4) is 0 Å². The van der Waals surface area contributed by atoms with Crippen LogP contribution in [0.5, 0.6) is 11.5 Å². The number of carbonyl (C=O) groups is 1. The minimum absolute atomic E-state index is 0.0369. The van der Waals surface area contributed by atoms with Crippen LogP contribution in [0.1, 0.15) is 29.9 Å². The Hall–Kier alpha value is -3.25. The van der Waals surface area contributed by atoms with Crippen molar-refractivity contribution in [3.05, 3.63) is 83.8 Å². The summed E-state index contributed by atoms with van der Waals surface area (Å²) in [6, 6.07) is 19.2. The lowest BCUT2D eigenvalue weighted by Gasteiger charge is -2.18. The van der Waals surface area contributed by atoms with Crippen molar-refractivity contribution in [3.8, 4) is 11.5 Å². The summed E-state index contributed by atoms with van der Waals surface area (Å²) in [7, 11) is 0. The lowest BCUT2D eigenvalue weighted by Crippen LogP contribution is -2.92. The molecule has 1 aliphatic heterocycles. The monoisotopic (exact) mass is 379 g/mol. The lowest BCUT2D eigenvalue weighted by molar-refractivity contribution is -0.706. The van der Waals surface area contributed by atoms with Crippen LogP contribution < -0.4 is 20.1 Å². The molecule has 0 unspecified atom stereocenters. The number of benzene rings is 2. The zero-order chi connectivity index (χ0) is 19.3. The molecule has 2 atom stereocenters. The highest BCUT2D eigenvalue weighted by Gasteiger charge is 2.26. The topological polar surface area (TPSA) is 77.3 Å². The van der Waals surface area contributed by atoms with Gasteiger partial charge < -0.3 is 24.5 Å². The number of nitrogens with one attached hydrogen (secondary N) is 1. The molecule has 28 heavy (non-hydrogen) atoms. The molecule has 144 valence electrons. The van der Waals surface area contributed by atoms with Gasteiger partial charge in [-0.1, -0.05) is 36.4 Å². The van der Waals surface area contributed by atoms with Crippen LogP contribution in [-0.2, 0) is 11.3 Å². The van der Waals surface area contributed by atoms with E-state index in [1.165, 1.54) is 0 Å². The summed E-state index contributed by atoms with van der Waals surface area (Å²) in [5.41, 5.74) is 2.06. The molecule has 0 spiro atoms. The first-order valence-corrected chi connectivity index (χ1v) is 9.30. The molecule has 0 fully saturated rings. The van der Waals surface area contributed by atoms with Crippen molar-refractivity contribution in [2.75, 3.05) is 6.79 Å². The van der Waals surface area contributed by atoms with Crippen LogP contribution in [-0.4, -0.2) is 18.7 Å². The Bertz CT molecular complexity index is 925. The Balaban J connectivity index is 1.40. The van der Waals surface area contributed by atoms with E-state index in [1.54, 1.807) is 6.26 Å². The number of amides is 1. The molecule has 3 aromatic rings. The van der Waals surface area contributed by atoms with Crippen molar-refractivity contribution in [1.29, 1.82) is 0 Å². The first kappa shape index (κ1) is 18.1. The Labute approximate surface area is 163 Å². The molecule has 3 N–H and O–H groups in total. The average Bonchev–Trinajstić information content (AvgIpc) is 3.42. The summed E-state index contributed by atoms with van der Waals surface area (Å²) in [5, 5.41) is 5.01. The predicted octanol–water partition coefficient (Wildman–Crippen LogP) is 2.37. The van der Waals surface area contributed by atoms with Crippen molar-refractivity contribution in [3.63, 3.8) is 0 Å². The van der Waals surface area contributed by atoms with Crippen LogP contribution in [0.4, 0.5) is 0 Å². The Morgan fingerprint density at radius 2 is 1.89 bits per heavy atom. The molecule has 0 aliphatic carbocycles. The summed E-state index contributed by atoms with van der Waals surface area (Å²) in [6.07, 6.45) is 1.66. The van der Waals surface area contributed by atoms with Crippen LogP contribution in [0.15, 0.2) is 71.3 Å². The number of hydrogen-bond donors (Lipinski definition) is 2. The molecular weight excluding hydrogens is 356 g/mol. The van der Waals surface area contributed by atoms with E-state index in [0.717, 1.165) is 22.6 Å². The third-order valence-corrected chi connectivity index (χ3v) is 4.81. The summed E-state index contributed by atoms with van der Waals surface area (Å²) < 4.78 is 16.3. The quantitative estimate of drug-likeness (QED) is 0.661. The average molecular weight is 379 g/mol. The number of nitrogens with two attached hydrogens (primary N) is 1. The van der Waals surface area contributed by atoms with Gasteiger partial charge >= 0.3 is 0 Å². The molecule has 2 heterocycles. The van der Waals surface area contributed by atoms with E-state index in [1.807, 2.05) is 72.9 Å². The van der Waals surface area contributed by atoms with Crippen molar-refractivity contribution in [2.24, 2.45) is 0 Å². The van der Waals surface area contributed by atoms with Gasteiger partial charge in [-0.3, -0.25) is 4.79 Å². The second-order valence-electron chi connectivity index (χ2n) is 6.79. The first-order chi connectivity index (χ1) is 13.7. The fraction of sp³-hybridized carbons (Fsp3) is 0.227. The number of furan rings is 1. The SMILES string of the molecule is C[C@@H]([NH2+][C@H](c1ccccc1)c1ccco1)C(=O)NCc1ccc2c(c1)OCO2. The van der Waals surface area contributed by atoms with Crippen LogP contribution in [0, 0.1) is 0 Å². The molecule has 1 aliphatic rings. The van der Waals surface area contributed by atoms with E-state index in [0.29, 0.717) is 12.3 Å². The zero-order valence-corrected chi connectivity index (χ0v) is 15.6. The van der Waals surface area contributed by atoms with E-state index >= 15 is 0 Å². The van der Waals surface area contributed by atoms with Gasteiger partial charge in [0.05, 0.1) is 6.26 Å². The molecule has 1 amide bonds. The number of carbonyl (C=O) groups excluding carboxylic acids is 1. The van der Waals surface area contributed by atoms with Crippen molar-refractivity contribution >= 4 is 5.91 Å². The highest BCUT2D eigenvalue weighted by atomic mass is 16.7. The van der Waals surface area contributed by atoms with Crippen molar-refractivity contribution in [2.45, 2.75) is 25.6 Å². The first-order valence-electron chi connectivity index (χ1n) is 9.30. The van der Waals surface area contributed by atoms with Gasteiger partial charge in [-0.25, -0.2) is 0 Å². The zero-order valence-electron chi connectivity index (χ0n) is 15.6. The minimum Gasteiger partial charge on any atom is -0.463 e. The van der Waals surface area contributed by atoms with Crippen molar-refractivity contribution in [1.82, 2.24) is 5.32 Å². The van der Waals surface area contributed by atoms with E-state index < -0.39 is 0 Å². The van der Waals surface area contributed by atoms with E-state index in [-0.39, 0.29) is 24.8 Å². The highest BCUT2D eigenvalue weighted by Crippen LogP contribution is 2.32. The van der Waals surface area contributed by atoms with Gasteiger partial charge in [0.1, 0.15) is 0 Å². The number of hydrogen-bond acceptors (Lipinski definition) is 4. The fourth-order valence-electron chi connectivity index (χ4n) is 3.28. The number of rotatable bonds is 7. The normalized spacial score (nSPS) is 14.5. The third kappa shape index (κ3) is 4.02. The second-order valence-corrected chi connectivity index (χ2v) is 6.79. The van der Waals surface area contributed by atoms with E-state index in [2.05, 4.69) is 5.32 Å². The Kier molecular flexibility index (Phi) is 5.30. The number of quaternary nitrogens is 1. The van der Waals surface area contributed by atoms with Gasteiger partial charge in [-0.05, 0) is 36.8 Å². The molecule has 4 rings (SSSR count). The van der Waals surface area contributed by atoms with E-state index in [4.69, 9.17) is 13.9 Å². The molecule has 6 nitrogen and oxygen atoms in total. The third-order valence-electron chi connectivity index (χ3n) is 4.81. The van der Waals surface area contributed by atoms with Gasteiger partial charge in [-0.2, -0.15) is 0 Å². The molecule has 2 aromatic carbocycles. The van der Waals surface area contributed by atoms with Gasteiger partial charge in [0.25, 0.3) is 5.91 Å². The maximum Gasteiger partial charge on any atom is 0.278 e. The van der Waals surface area contributed by atoms with Crippen LogP contribution in [0.2, 0.25) is 0 Å². The smallest absolute Gasteiger partial charge is 0.278 e. The molecule has 1 aromatic heterocycles. The molecule has 0 bridgehead atoms. The number of ether oxygens (including phenoxy) is 2. The highest BCUT2D eigenvalue weighted by molar-refractivity contribution is 5.79. The maximum absolute atomic E-state index is 12.7. The fourth-order valence-corrected chi connectivity index (χ4v) is 3.28. The van der Waals surface area contributed by atoms with Crippen molar-refractivity contribution < 1.29 is 24.0 Å². The Morgan fingerprint density at radius 3 is 2.68 bits per heavy atom. The minimum atomic E-state index is -0.288. The van der Waals surface area contributed by atoms with Gasteiger partial charge in [0.15, 0.2) is 29.3 Å². The molecule has 6 heteroatoms. The molecule has 0 radical (unpaired) electrons. The molecular formula is C22H23N2O4+. The van der Waals surface area contributed by atoms with Crippen LogP contribution >= 0.6 is 0 Å². The summed E-state index contributed by atoms with van der Waals surface area (Å²) in [4.78, 5) is 12.7. The van der Waals surface area contributed by atoms with Crippen LogP contribution in [0.25, 0.3) is 0 Å². The lowest BCUT2D eigenvalue weighted by atomic mass is 10.0. The Morgan fingerprint density at radius 1 is 1.07 bits per heavy atom. The maximum atomic E-state index is 12.7. The predicted molar refractivity (Wildman–Crippen MR) is 103 cm³/mol. The second kappa shape index (κ2) is 8.19. The van der Waals surface area contributed by atoms with E-state index in [9.17, 15) is 4.79 Å². The summed E-state index contributed by atoms with van der Waals surface area (Å²) in [6.45, 7) is 2.57. The molecule has 0 saturated heterocycles. The standard InChI is InChI=1S/C22H22N2O4/c1-15(22(25)23-13-16-9-10-18-20(12-16)28-14-27-18)24-21(19-8-5-11-26-19)17-6-3-2-4-7-17/h2-12,15,21,24H,13-14H2,1H3,(H,23,25)/p+1/t15-,21-/m1/s1. The number of fused-ring (bicyclic) bond motifs is 1.